The van der Waals surface area contributed by atoms with Crippen LogP contribution in [0, 0.1) is 0 Å². The topological polar surface area (TPSA) is 66.4 Å². The van der Waals surface area contributed by atoms with Crippen molar-refractivity contribution in [1.29, 1.82) is 0 Å². The largest absolute Gasteiger partial charge is 0.352 e. The van der Waals surface area contributed by atoms with E-state index in [1.54, 1.807) is 0 Å². The lowest BCUT2D eigenvalue weighted by Gasteiger charge is -2.31. The molecule has 2 aromatic rings. The average molecular weight is 368 g/mol. The third-order valence-corrected chi connectivity index (χ3v) is 5.59. The molecule has 2 fully saturated rings. The number of benzene rings is 1. The van der Waals surface area contributed by atoms with E-state index in [9.17, 15) is 9.59 Å². The molecule has 4 rings (SSSR count). The highest BCUT2D eigenvalue weighted by Gasteiger charge is 2.26. The van der Waals surface area contributed by atoms with Crippen LogP contribution < -0.4 is 10.6 Å². The predicted octanol–water partition coefficient (Wildman–Crippen LogP) is 2.13. The second-order valence-electron chi connectivity index (χ2n) is 7.70. The number of aromatic nitrogens is 1. The molecule has 0 bridgehead atoms. The molecule has 6 heteroatoms. The van der Waals surface area contributed by atoms with E-state index in [0.29, 0.717) is 12.6 Å². The summed E-state index contributed by atoms with van der Waals surface area (Å²) in [6.07, 6.45) is 4.01. The van der Waals surface area contributed by atoms with Crippen molar-refractivity contribution in [2.45, 2.75) is 51.2 Å². The third-order valence-electron chi connectivity index (χ3n) is 5.59. The number of carbonyl (C=O) groups is 2. The smallest absolute Gasteiger partial charge is 0.268 e. The minimum absolute atomic E-state index is 0.00187. The fourth-order valence-electron chi connectivity index (χ4n) is 3.94. The number of piperidine rings is 1. The van der Waals surface area contributed by atoms with Gasteiger partial charge < -0.3 is 15.2 Å². The van der Waals surface area contributed by atoms with Crippen LogP contribution in [0.2, 0.25) is 0 Å². The van der Waals surface area contributed by atoms with Crippen LogP contribution >= 0.6 is 0 Å². The van der Waals surface area contributed by atoms with E-state index in [4.69, 9.17) is 0 Å². The molecule has 2 aliphatic rings. The van der Waals surface area contributed by atoms with Gasteiger partial charge in [0.25, 0.3) is 5.91 Å². The number of likely N-dealkylation sites (tertiary alicyclic amines) is 1. The first kappa shape index (κ1) is 18.0. The molecule has 1 aliphatic carbocycles. The van der Waals surface area contributed by atoms with Crippen molar-refractivity contribution in [2.24, 2.45) is 0 Å². The molecule has 1 saturated carbocycles. The molecule has 1 aromatic carbocycles. The van der Waals surface area contributed by atoms with Crippen molar-refractivity contribution in [3.8, 4) is 0 Å². The Hall–Kier alpha value is -2.34. The van der Waals surface area contributed by atoms with Gasteiger partial charge in [0.1, 0.15) is 5.69 Å². The van der Waals surface area contributed by atoms with Gasteiger partial charge in [-0.25, -0.2) is 0 Å². The summed E-state index contributed by atoms with van der Waals surface area (Å²) in [7, 11) is 0. The van der Waals surface area contributed by atoms with Gasteiger partial charge in [-0.2, -0.15) is 0 Å². The molecule has 6 nitrogen and oxygen atoms in total. The van der Waals surface area contributed by atoms with Gasteiger partial charge in [-0.15, -0.1) is 0 Å². The van der Waals surface area contributed by atoms with Crippen LogP contribution in [0.3, 0.4) is 0 Å². The number of aryl methyl sites for hydroxylation is 1. The number of hydrogen-bond donors (Lipinski definition) is 2. The standard InChI is InChI=1S/C21H28N4O2/c1-2-25-18-6-4-3-5-15(18)13-19(25)21(27)23-17-9-11-24(12-10-17)14-20(26)22-16-7-8-16/h3-6,13,16-17H,2,7-12,14H2,1H3,(H,22,26)(H,23,27). The second kappa shape index (κ2) is 7.72. The van der Waals surface area contributed by atoms with Crippen LogP contribution in [0.15, 0.2) is 30.3 Å². The number of nitrogens with zero attached hydrogens (tertiary/aromatic N) is 2. The first-order valence-electron chi connectivity index (χ1n) is 10.0. The fourth-order valence-corrected chi connectivity index (χ4v) is 3.94. The van der Waals surface area contributed by atoms with Gasteiger partial charge in [0.05, 0.1) is 6.54 Å². The van der Waals surface area contributed by atoms with Gasteiger partial charge in [0.2, 0.25) is 5.91 Å². The maximum Gasteiger partial charge on any atom is 0.268 e. The van der Waals surface area contributed by atoms with Crippen molar-refractivity contribution in [1.82, 2.24) is 20.1 Å². The van der Waals surface area contributed by atoms with Crippen LogP contribution in [-0.4, -0.2) is 53.0 Å². The molecule has 27 heavy (non-hydrogen) atoms. The molecule has 0 atom stereocenters. The number of amides is 2. The number of carbonyl (C=O) groups excluding carboxylic acids is 2. The summed E-state index contributed by atoms with van der Waals surface area (Å²) in [5, 5.41) is 7.34. The lowest BCUT2D eigenvalue weighted by atomic mass is 10.0. The first-order chi connectivity index (χ1) is 13.1. The lowest BCUT2D eigenvalue weighted by Crippen LogP contribution is -2.47. The van der Waals surface area contributed by atoms with Crippen molar-refractivity contribution < 1.29 is 9.59 Å². The number of rotatable bonds is 6. The predicted molar refractivity (Wildman–Crippen MR) is 106 cm³/mol. The zero-order valence-corrected chi connectivity index (χ0v) is 15.9. The van der Waals surface area contributed by atoms with E-state index >= 15 is 0 Å². The molecule has 144 valence electrons. The summed E-state index contributed by atoms with van der Waals surface area (Å²) in [5.41, 5.74) is 1.83. The van der Waals surface area contributed by atoms with Crippen LogP contribution in [0.25, 0.3) is 10.9 Å². The third kappa shape index (κ3) is 4.16. The zero-order chi connectivity index (χ0) is 18.8. The maximum atomic E-state index is 12.8. The van der Waals surface area contributed by atoms with E-state index in [1.807, 2.05) is 24.3 Å². The van der Waals surface area contributed by atoms with Crippen LogP contribution in [-0.2, 0) is 11.3 Å². The highest BCUT2D eigenvalue weighted by molar-refractivity contribution is 5.98. The van der Waals surface area contributed by atoms with Gasteiger partial charge in [-0.05, 0) is 44.7 Å². The average Bonchev–Trinajstić information content (AvgIpc) is 3.39. The monoisotopic (exact) mass is 368 g/mol. The zero-order valence-electron chi connectivity index (χ0n) is 15.9. The molecular formula is C21H28N4O2. The fraction of sp³-hybridized carbons (Fsp3) is 0.524. The Morgan fingerprint density at radius 1 is 1.04 bits per heavy atom. The van der Waals surface area contributed by atoms with Gasteiger partial charge in [-0.1, -0.05) is 18.2 Å². The molecular weight excluding hydrogens is 340 g/mol. The molecule has 0 spiro atoms. The number of nitrogens with one attached hydrogen (secondary N) is 2. The number of fused-ring (bicyclic) bond motifs is 1. The van der Waals surface area contributed by atoms with E-state index in [1.165, 1.54) is 0 Å². The molecule has 0 unspecified atom stereocenters. The van der Waals surface area contributed by atoms with Gasteiger partial charge in [-0.3, -0.25) is 14.5 Å². The van der Waals surface area contributed by atoms with Gasteiger partial charge in [0, 0.05) is 42.6 Å². The molecule has 1 aliphatic heterocycles. The molecule has 1 aromatic heterocycles. The van der Waals surface area contributed by atoms with E-state index in [-0.39, 0.29) is 17.9 Å². The van der Waals surface area contributed by atoms with Crippen LogP contribution in [0.5, 0.6) is 0 Å². The molecule has 1 saturated heterocycles. The molecule has 0 radical (unpaired) electrons. The SMILES string of the molecule is CCn1c(C(=O)NC2CCN(CC(=O)NC3CC3)CC2)cc2ccccc21. The summed E-state index contributed by atoms with van der Waals surface area (Å²) in [6, 6.07) is 10.7. The van der Waals surface area contributed by atoms with E-state index in [0.717, 1.165) is 61.9 Å². The summed E-state index contributed by atoms with van der Waals surface area (Å²) in [6.45, 7) is 5.00. The summed E-state index contributed by atoms with van der Waals surface area (Å²) in [5.74, 6) is 0.130. The Bertz CT molecular complexity index is 832. The lowest BCUT2D eigenvalue weighted by molar-refractivity contribution is -0.122. The highest BCUT2D eigenvalue weighted by Crippen LogP contribution is 2.21. The van der Waals surface area contributed by atoms with E-state index in [2.05, 4.69) is 33.1 Å². The quantitative estimate of drug-likeness (QED) is 0.821. The minimum Gasteiger partial charge on any atom is -0.352 e. The Morgan fingerprint density at radius 2 is 1.74 bits per heavy atom. The molecule has 2 heterocycles. The van der Waals surface area contributed by atoms with Crippen molar-refractivity contribution in [3.63, 3.8) is 0 Å². The Balaban J connectivity index is 1.32. The van der Waals surface area contributed by atoms with Crippen LogP contribution in [0.1, 0.15) is 43.1 Å². The number of para-hydroxylation sites is 1. The Labute approximate surface area is 159 Å². The van der Waals surface area contributed by atoms with E-state index < -0.39 is 0 Å². The Morgan fingerprint density at radius 3 is 2.44 bits per heavy atom. The van der Waals surface area contributed by atoms with Gasteiger partial charge >= 0.3 is 0 Å². The van der Waals surface area contributed by atoms with Crippen LogP contribution in [0.4, 0.5) is 0 Å². The summed E-state index contributed by atoms with van der Waals surface area (Å²) in [4.78, 5) is 27.0. The van der Waals surface area contributed by atoms with Crippen molar-refractivity contribution >= 4 is 22.7 Å². The van der Waals surface area contributed by atoms with Crippen molar-refractivity contribution in [3.05, 3.63) is 36.0 Å². The first-order valence-corrected chi connectivity index (χ1v) is 10.0. The van der Waals surface area contributed by atoms with Gasteiger partial charge in [0.15, 0.2) is 0 Å². The molecule has 2 N–H and O–H groups in total. The highest BCUT2D eigenvalue weighted by atomic mass is 16.2. The van der Waals surface area contributed by atoms with Crippen molar-refractivity contribution in [2.75, 3.05) is 19.6 Å². The maximum absolute atomic E-state index is 12.8. The summed E-state index contributed by atoms with van der Waals surface area (Å²) >= 11 is 0. The Kier molecular flexibility index (Phi) is 5.16. The number of hydrogen-bond acceptors (Lipinski definition) is 3. The summed E-state index contributed by atoms with van der Waals surface area (Å²) < 4.78 is 2.07. The normalized spacial score (nSPS) is 18.6. The molecule has 2 amide bonds. The minimum atomic E-state index is -0.00187. The second-order valence-corrected chi connectivity index (χ2v) is 7.70.